The van der Waals surface area contributed by atoms with Gasteiger partial charge in [0, 0.05) is 12.3 Å². The van der Waals surface area contributed by atoms with Crippen molar-refractivity contribution in [1.82, 2.24) is 0 Å². The highest BCUT2D eigenvalue weighted by atomic mass is 16.1. The fraction of sp³-hybridized carbons (Fsp3) is 0.889. The fourth-order valence-electron chi connectivity index (χ4n) is 8.68. The normalized spacial score (nSPS) is 46.2. The molecule has 8 atom stereocenters. The molecule has 0 aromatic heterocycles. The Labute approximate surface area is 174 Å². The van der Waals surface area contributed by atoms with Crippen LogP contribution in [0.2, 0.25) is 0 Å². The molecule has 0 heterocycles. The minimum Gasteiger partial charge on any atom is -0.299 e. The first kappa shape index (κ1) is 20.7. The van der Waals surface area contributed by atoms with Crippen LogP contribution in [0.5, 0.6) is 0 Å². The van der Waals surface area contributed by atoms with Gasteiger partial charge in [-0.2, -0.15) is 0 Å². The summed E-state index contributed by atoms with van der Waals surface area (Å²) in [5, 5.41) is 0. The van der Waals surface area contributed by atoms with Gasteiger partial charge in [0.1, 0.15) is 5.78 Å². The van der Waals surface area contributed by atoms with E-state index in [1.807, 2.05) is 0 Å². The minimum atomic E-state index is 0.247. The average molecular weight is 385 g/mol. The Morgan fingerprint density at radius 1 is 1.00 bits per heavy atom. The predicted octanol–water partition coefficient (Wildman–Crippen LogP) is 7.45. The monoisotopic (exact) mass is 384 g/mol. The third-order valence-corrected chi connectivity index (χ3v) is 10.2. The molecular formula is C27H44O. The van der Waals surface area contributed by atoms with Gasteiger partial charge >= 0.3 is 0 Å². The SMILES string of the molecule is CC(C)CCC[C@@H](C)[C@H]1CC[C@H]2[C@@H]3CC(=O)[C@H]4CC=CC[C@]4(C)[C@H]3CC[C@]12C. The molecule has 0 bridgehead atoms. The van der Waals surface area contributed by atoms with E-state index in [-0.39, 0.29) is 5.41 Å². The summed E-state index contributed by atoms with van der Waals surface area (Å²) in [4.78, 5) is 13.2. The Balaban J connectivity index is 1.51. The van der Waals surface area contributed by atoms with Gasteiger partial charge in [-0.15, -0.1) is 0 Å². The van der Waals surface area contributed by atoms with Crippen LogP contribution in [-0.2, 0) is 4.79 Å². The number of fused-ring (bicyclic) bond motifs is 5. The standard InChI is InChI=1S/C27H44O/c1-18(2)9-8-10-19(3)21-12-13-22-20-17-25(28)24-11-6-7-15-26(24,4)23(20)14-16-27(21,22)5/h6-7,18-24H,8-17H2,1-5H3/t19-,20+,21-,22+,23+,24-,26-,27-/m1/s1. The van der Waals surface area contributed by atoms with Crippen molar-refractivity contribution in [1.29, 1.82) is 0 Å². The zero-order valence-electron chi connectivity index (χ0n) is 19.2. The van der Waals surface area contributed by atoms with Crippen LogP contribution in [0.15, 0.2) is 12.2 Å². The first-order chi connectivity index (χ1) is 13.3. The van der Waals surface area contributed by atoms with Crippen molar-refractivity contribution in [3.63, 3.8) is 0 Å². The minimum absolute atomic E-state index is 0.247. The summed E-state index contributed by atoms with van der Waals surface area (Å²) in [6.07, 6.45) is 17.5. The summed E-state index contributed by atoms with van der Waals surface area (Å²) in [7, 11) is 0. The maximum Gasteiger partial charge on any atom is 0.137 e. The molecule has 0 N–H and O–H groups in total. The molecule has 0 spiro atoms. The number of ketones is 1. The van der Waals surface area contributed by atoms with E-state index in [4.69, 9.17) is 0 Å². The molecule has 1 nitrogen and oxygen atoms in total. The summed E-state index contributed by atoms with van der Waals surface area (Å²) in [6, 6.07) is 0. The van der Waals surface area contributed by atoms with Gasteiger partial charge in [-0.1, -0.05) is 66.0 Å². The molecule has 4 aliphatic carbocycles. The lowest BCUT2D eigenvalue weighted by molar-refractivity contribution is -0.149. The van der Waals surface area contributed by atoms with E-state index < -0.39 is 0 Å². The van der Waals surface area contributed by atoms with Gasteiger partial charge < -0.3 is 0 Å². The van der Waals surface area contributed by atoms with Crippen LogP contribution in [0.3, 0.4) is 0 Å². The first-order valence-corrected chi connectivity index (χ1v) is 12.4. The molecule has 0 aromatic carbocycles. The number of carbonyl (C=O) groups excluding carboxylic acids is 1. The molecule has 158 valence electrons. The molecule has 4 aliphatic rings. The predicted molar refractivity (Wildman–Crippen MR) is 118 cm³/mol. The van der Waals surface area contributed by atoms with Crippen molar-refractivity contribution < 1.29 is 4.79 Å². The third kappa shape index (κ3) is 3.24. The second-order valence-corrected chi connectivity index (χ2v) is 12.0. The lowest BCUT2D eigenvalue weighted by atomic mass is 9.45. The van der Waals surface area contributed by atoms with Gasteiger partial charge in [0.25, 0.3) is 0 Å². The number of rotatable bonds is 5. The van der Waals surface area contributed by atoms with Crippen LogP contribution in [0.25, 0.3) is 0 Å². The highest BCUT2D eigenvalue weighted by molar-refractivity contribution is 5.83. The molecule has 0 aliphatic heterocycles. The lowest BCUT2D eigenvalue weighted by Gasteiger charge is -2.59. The number of hydrogen-bond acceptors (Lipinski definition) is 1. The molecule has 3 fully saturated rings. The van der Waals surface area contributed by atoms with Crippen molar-refractivity contribution >= 4 is 5.78 Å². The first-order valence-electron chi connectivity index (χ1n) is 12.4. The van der Waals surface area contributed by atoms with Crippen molar-refractivity contribution in [2.24, 2.45) is 52.3 Å². The molecule has 0 saturated heterocycles. The third-order valence-electron chi connectivity index (χ3n) is 10.2. The van der Waals surface area contributed by atoms with Gasteiger partial charge in [-0.3, -0.25) is 4.79 Å². The van der Waals surface area contributed by atoms with Crippen molar-refractivity contribution in [3.8, 4) is 0 Å². The van der Waals surface area contributed by atoms with Crippen molar-refractivity contribution in [2.75, 3.05) is 0 Å². The highest BCUT2D eigenvalue weighted by Crippen LogP contribution is 2.67. The van der Waals surface area contributed by atoms with E-state index >= 15 is 0 Å². The molecule has 4 rings (SSSR count). The Morgan fingerprint density at radius 2 is 1.75 bits per heavy atom. The van der Waals surface area contributed by atoms with Crippen LogP contribution in [0, 0.1) is 52.3 Å². The summed E-state index contributed by atoms with van der Waals surface area (Å²) >= 11 is 0. The highest BCUT2D eigenvalue weighted by Gasteiger charge is 2.61. The molecule has 1 heteroatoms. The van der Waals surface area contributed by atoms with E-state index in [0.29, 0.717) is 23.0 Å². The van der Waals surface area contributed by atoms with Gasteiger partial charge in [-0.05, 0) is 84.9 Å². The van der Waals surface area contributed by atoms with Gasteiger partial charge in [0.15, 0.2) is 0 Å². The number of Topliss-reactive ketones (excluding diaryl/α,β-unsaturated/α-hetero) is 1. The Kier molecular flexibility index (Phi) is 5.60. The van der Waals surface area contributed by atoms with Crippen LogP contribution in [0.4, 0.5) is 0 Å². The summed E-state index contributed by atoms with van der Waals surface area (Å²) < 4.78 is 0. The Hall–Kier alpha value is -0.590. The Morgan fingerprint density at radius 3 is 2.50 bits per heavy atom. The molecule has 0 radical (unpaired) electrons. The largest absolute Gasteiger partial charge is 0.299 e. The second-order valence-electron chi connectivity index (χ2n) is 12.0. The summed E-state index contributed by atoms with van der Waals surface area (Å²) in [5.41, 5.74) is 0.740. The van der Waals surface area contributed by atoms with Crippen molar-refractivity contribution in [3.05, 3.63) is 12.2 Å². The maximum absolute atomic E-state index is 13.2. The molecule has 0 aromatic rings. The molecular weight excluding hydrogens is 340 g/mol. The fourth-order valence-corrected chi connectivity index (χ4v) is 8.68. The van der Waals surface area contributed by atoms with Crippen LogP contribution < -0.4 is 0 Å². The average Bonchev–Trinajstić information content (AvgIpc) is 2.99. The number of allylic oxidation sites excluding steroid dienone is 2. The van der Waals surface area contributed by atoms with E-state index in [2.05, 4.69) is 46.8 Å². The summed E-state index contributed by atoms with van der Waals surface area (Å²) in [5.74, 6) is 5.75. The lowest BCUT2D eigenvalue weighted by Crippen LogP contribution is -2.55. The molecule has 0 amide bonds. The van der Waals surface area contributed by atoms with E-state index in [1.165, 1.54) is 44.9 Å². The van der Waals surface area contributed by atoms with Gasteiger partial charge in [0.05, 0.1) is 0 Å². The topological polar surface area (TPSA) is 17.1 Å². The van der Waals surface area contributed by atoms with E-state index in [0.717, 1.165) is 48.9 Å². The quantitative estimate of drug-likeness (QED) is 0.450. The number of carbonyl (C=O) groups is 1. The van der Waals surface area contributed by atoms with E-state index in [1.54, 1.807) is 0 Å². The zero-order valence-corrected chi connectivity index (χ0v) is 19.2. The smallest absolute Gasteiger partial charge is 0.137 e. The van der Waals surface area contributed by atoms with Crippen LogP contribution in [0.1, 0.15) is 98.8 Å². The van der Waals surface area contributed by atoms with Crippen LogP contribution >= 0.6 is 0 Å². The van der Waals surface area contributed by atoms with Gasteiger partial charge in [-0.25, -0.2) is 0 Å². The maximum atomic E-state index is 13.2. The second kappa shape index (κ2) is 7.59. The van der Waals surface area contributed by atoms with Crippen LogP contribution in [-0.4, -0.2) is 5.78 Å². The molecule has 3 saturated carbocycles. The Bertz CT molecular complexity index is 618. The molecule has 0 unspecified atom stereocenters. The van der Waals surface area contributed by atoms with Gasteiger partial charge in [0.2, 0.25) is 0 Å². The number of hydrogen-bond donors (Lipinski definition) is 0. The van der Waals surface area contributed by atoms with Crippen molar-refractivity contribution in [2.45, 2.75) is 98.8 Å². The summed E-state index contributed by atoms with van der Waals surface area (Å²) in [6.45, 7) is 12.4. The molecule has 28 heavy (non-hydrogen) atoms. The zero-order chi connectivity index (χ0) is 20.1. The van der Waals surface area contributed by atoms with E-state index in [9.17, 15) is 4.79 Å².